The zero-order chi connectivity index (χ0) is 17.7. The standard InChI is InChI=1S/C17H21NO5S/c1-5-6-7-18-16(19)14(24-17(18)20)10-11-8-12(21-2)15(23-4)13(9-11)22-3/h8-10H,5-7H2,1-4H3/b14-10-. The molecule has 0 saturated carbocycles. The summed E-state index contributed by atoms with van der Waals surface area (Å²) in [6.07, 6.45) is 3.39. The van der Waals surface area contributed by atoms with Gasteiger partial charge in [-0.05, 0) is 42.0 Å². The van der Waals surface area contributed by atoms with Crippen LogP contribution >= 0.6 is 11.8 Å². The van der Waals surface area contributed by atoms with Crippen molar-refractivity contribution in [1.82, 2.24) is 4.90 Å². The number of carbonyl (C=O) groups excluding carboxylic acids is 2. The molecule has 6 nitrogen and oxygen atoms in total. The summed E-state index contributed by atoms with van der Waals surface area (Å²) in [5.74, 6) is 1.21. The monoisotopic (exact) mass is 351 g/mol. The summed E-state index contributed by atoms with van der Waals surface area (Å²) in [6.45, 7) is 2.47. The highest BCUT2D eigenvalue weighted by molar-refractivity contribution is 8.18. The minimum Gasteiger partial charge on any atom is -0.493 e. The zero-order valence-corrected chi connectivity index (χ0v) is 15.1. The van der Waals surface area contributed by atoms with Gasteiger partial charge in [0.2, 0.25) is 5.75 Å². The Morgan fingerprint density at radius 3 is 2.21 bits per heavy atom. The van der Waals surface area contributed by atoms with Crippen molar-refractivity contribution in [3.8, 4) is 17.2 Å². The highest BCUT2D eigenvalue weighted by Gasteiger charge is 2.34. The van der Waals surface area contributed by atoms with Crippen molar-refractivity contribution in [3.05, 3.63) is 22.6 Å². The molecule has 1 heterocycles. The Hall–Kier alpha value is -2.15. The Balaban J connectivity index is 2.34. The number of rotatable bonds is 7. The molecule has 7 heteroatoms. The predicted octanol–water partition coefficient (Wildman–Crippen LogP) is 3.55. The van der Waals surface area contributed by atoms with Crippen LogP contribution in [0.1, 0.15) is 25.3 Å². The molecule has 1 aromatic carbocycles. The number of benzene rings is 1. The van der Waals surface area contributed by atoms with E-state index in [2.05, 4.69) is 0 Å². The Kier molecular flexibility index (Phi) is 6.14. The van der Waals surface area contributed by atoms with E-state index < -0.39 is 0 Å². The first-order valence-corrected chi connectivity index (χ1v) is 8.42. The Morgan fingerprint density at radius 1 is 1.08 bits per heavy atom. The first-order chi connectivity index (χ1) is 11.5. The molecular weight excluding hydrogens is 330 g/mol. The molecule has 1 aliphatic rings. The molecule has 0 atom stereocenters. The number of unbranched alkanes of at least 4 members (excludes halogenated alkanes) is 1. The SMILES string of the molecule is CCCCN1C(=O)S/C(=C\c2cc(OC)c(OC)c(OC)c2)C1=O. The van der Waals surface area contributed by atoms with Gasteiger partial charge in [0, 0.05) is 6.54 Å². The van der Waals surface area contributed by atoms with Gasteiger partial charge in [0.1, 0.15) is 0 Å². The van der Waals surface area contributed by atoms with Gasteiger partial charge in [0.05, 0.1) is 26.2 Å². The van der Waals surface area contributed by atoms with Crippen molar-refractivity contribution in [2.24, 2.45) is 0 Å². The summed E-state index contributed by atoms with van der Waals surface area (Å²) < 4.78 is 15.9. The van der Waals surface area contributed by atoms with Gasteiger partial charge in [-0.15, -0.1) is 0 Å². The Bertz CT molecular complexity index is 646. The third-order valence-corrected chi connectivity index (χ3v) is 4.50. The van der Waals surface area contributed by atoms with Gasteiger partial charge in [-0.1, -0.05) is 13.3 Å². The van der Waals surface area contributed by atoms with Crippen LogP contribution < -0.4 is 14.2 Å². The summed E-state index contributed by atoms with van der Waals surface area (Å²) in [6, 6.07) is 3.47. The van der Waals surface area contributed by atoms with Crippen LogP contribution in [0.3, 0.4) is 0 Å². The normalized spacial score (nSPS) is 16.0. The quantitative estimate of drug-likeness (QED) is 0.700. The lowest BCUT2D eigenvalue weighted by Crippen LogP contribution is -2.29. The van der Waals surface area contributed by atoms with Gasteiger partial charge >= 0.3 is 0 Å². The molecule has 130 valence electrons. The van der Waals surface area contributed by atoms with Gasteiger partial charge in [-0.2, -0.15) is 0 Å². The maximum Gasteiger partial charge on any atom is 0.293 e. The molecule has 0 bridgehead atoms. The lowest BCUT2D eigenvalue weighted by atomic mass is 10.1. The van der Waals surface area contributed by atoms with Gasteiger partial charge in [-0.25, -0.2) is 0 Å². The van der Waals surface area contributed by atoms with E-state index in [4.69, 9.17) is 14.2 Å². The molecule has 1 fully saturated rings. The number of carbonyl (C=O) groups is 2. The fourth-order valence-electron chi connectivity index (χ4n) is 2.35. The van der Waals surface area contributed by atoms with Crippen molar-refractivity contribution in [2.75, 3.05) is 27.9 Å². The third kappa shape index (κ3) is 3.67. The molecule has 0 aliphatic carbocycles. The van der Waals surface area contributed by atoms with Gasteiger partial charge in [0.15, 0.2) is 11.5 Å². The topological polar surface area (TPSA) is 65.1 Å². The maximum absolute atomic E-state index is 12.4. The molecule has 1 aliphatic heterocycles. The summed E-state index contributed by atoms with van der Waals surface area (Å²) in [5.41, 5.74) is 0.700. The molecule has 0 spiro atoms. The summed E-state index contributed by atoms with van der Waals surface area (Å²) in [7, 11) is 4.58. The zero-order valence-electron chi connectivity index (χ0n) is 14.3. The van der Waals surface area contributed by atoms with E-state index in [9.17, 15) is 9.59 Å². The smallest absolute Gasteiger partial charge is 0.293 e. The Morgan fingerprint density at radius 2 is 1.71 bits per heavy atom. The van der Waals surface area contributed by atoms with Crippen LogP contribution in [-0.4, -0.2) is 43.9 Å². The highest BCUT2D eigenvalue weighted by atomic mass is 32.2. The lowest BCUT2D eigenvalue weighted by Gasteiger charge is -2.13. The first-order valence-electron chi connectivity index (χ1n) is 7.61. The second kappa shape index (κ2) is 8.10. The minimum atomic E-state index is -0.257. The fraction of sp³-hybridized carbons (Fsp3) is 0.412. The molecule has 1 aromatic rings. The number of hydrogen-bond acceptors (Lipinski definition) is 6. The molecule has 2 amide bonds. The molecule has 0 radical (unpaired) electrons. The van der Waals surface area contributed by atoms with Crippen molar-refractivity contribution < 1.29 is 23.8 Å². The van der Waals surface area contributed by atoms with Crippen LogP contribution in [0.4, 0.5) is 4.79 Å². The van der Waals surface area contributed by atoms with Crippen molar-refractivity contribution in [3.63, 3.8) is 0 Å². The van der Waals surface area contributed by atoms with Crippen LogP contribution in [0, 0.1) is 0 Å². The number of nitrogens with zero attached hydrogens (tertiary/aromatic N) is 1. The Labute approximate surface area is 145 Å². The molecule has 0 unspecified atom stereocenters. The van der Waals surface area contributed by atoms with E-state index in [1.54, 1.807) is 18.2 Å². The van der Waals surface area contributed by atoms with Gasteiger partial charge < -0.3 is 14.2 Å². The molecule has 0 aromatic heterocycles. The molecule has 2 rings (SSSR count). The molecule has 0 N–H and O–H groups in total. The van der Waals surface area contributed by atoms with Gasteiger partial charge in [-0.3, -0.25) is 14.5 Å². The third-order valence-electron chi connectivity index (χ3n) is 3.59. The number of thioether (sulfide) groups is 1. The van der Waals surface area contributed by atoms with Gasteiger partial charge in [0.25, 0.3) is 11.1 Å². The lowest BCUT2D eigenvalue weighted by molar-refractivity contribution is -0.122. The maximum atomic E-state index is 12.4. The summed E-state index contributed by atoms with van der Waals surface area (Å²) in [4.78, 5) is 26.1. The minimum absolute atomic E-state index is 0.229. The van der Waals surface area contributed by atoms with Crippen molar-refractivity contribution >= 4 is 29.0 Å². The van der Waals surface area contributed by atoms with Crippen LogP contribution in [0.5, 0.6) is 17.2 Å². The first kappa shape index (κ1) is 18.2. The van der Waals surface area contributed by atoms with E-state index >= 15 is 0 Å². The number of ether oxygens (including phenoxy) is 3. The van der Waals surface area contributed by atoms with E-state index in [1.165, 1.54) is 26.2 Å². The summed E-state index contributed by atoms with van der Waals surface area (Å²) >= 11 is 0.950. The van der Waals surface area contributed by atoms with Crippen molar-refractivity contribution in [1.29, 1.82) is 0 Å². The van der Waals surface area contributed by atoms with Crippen LogP contribution in [-0.2, 0) is 4.79 Å². The second-order valence-corrected chi connectivity index (χ2v) is 6.14. The number of methoxy groups -OCH3 is 3. The summed E-state index contributed by atoms with van der Waals surface area (Å²) in [5, 5.41) is -0.229. The van der Waals surface area contributed by atoms with E-state index in [0.717, 1.165) is 24.6 Å². The molecular formula is C17H21NO5S. The largest absolute Gasteiger partial charge is 0.493 e. The molecule has 24 heavy (non-hydrogen) atoms. The second-order valence-electron chi connectivity index (χ2n) is 5.15. The number of hydrogen-bond donors (Lipinski definition) is 0. The van der Waals surface area contributed by atoms with E-state index in [1.807, 2.05) is 6.92 Å². The number of imide groups is 1. The predicted molar refractivity (Wildman–Crippen MR) is 93.7 cm³/mol. The van der Waals surface area contributed by atoms with Crippen molar-refractivity contribution in [2.45, 2.75) is 19.8 Å². The fourth-order valence-corrected chi connectivity index (χ4v) is 3.21. The average molecular weight is 351 g/mol. The van der Waals surface area contributed by atoms with Crippen LogP contribution in [0.25, 0.3) is 6.08 Å². The van der Waals surface area contributed by atoms with Crippen LogP contribution in [0.2, 0.25) is 0 Å². The van der Waals surface area contributed by atoms with Crippen LogP contribution in [0.15, 0.2) is 17.0 Å². The average Bonchev–Trinajstić information content (AvgIpc) is 2.85. The van der Waals surface area contributed by atoms with E-state index in [0.29, 0.717) is 34.3 Å². The number of amides is 2. The molecule has 1 saturated heterocycles. The van der Waals surface area contributed by atoms with E-state index in [-0.39, 0.29) is 11.1 Å². The highest BCUT2D eigenvalue weighted by Crippen LogP contribution is 2.40.